The largest absolute Gasteiger partial charge is 0.350 e. The van der Waals surface area contributed by atoms with Crippen molar-refractivity contribution in [3.05, 3.63) is 113 Å². The maximum atomic E-state index is 13.9. The Bertz CT molecular complexity index is 1480. The molecule has 1 atom stereocenters. The van der Waals surface area contributed by atoms with E-state index in [-0.39, 0.29) is 11.6 Å². The van der Waals surface area contributed by atoms with Crippen LogP contribution in [0.3, 0.4) is 0 Å². The van der Waals surface area contributed by atoms with E-state index in [0.717, 1.165) is 16.8 Å². The molecular formula is C26H22N8O2S. The number of aryl methyl sites for hydroxylation is 1. The highest BCUT2D eigenvalue weighted by atomic mass is 32.1. The molecular weight excluding hydrogens is 488 g/mol. The van der Waals surface area contributed by atoms with Crippen LogP contribution < -0.4 is 10.2 Å². The van der Waals surface area contributed by atoms with E-state index >= 15 is 0 Å². The smallest absolute Gasteiger partial charge is 0.279 e. The molecule has 0 radical (unpaired) electrons. The molecule has 10 nitrogen and oxygen atoms in total. The summed E-state index contributed by atoms with van der Waals surface area (Å²) in [6.07, 6.45) is 5.84. The number of hydrogen-bond acceptors (Lipinski definition) is 8. The van der Waals surface area contributed by atoms with E-state index in [1.165, 1.54) is 45.8 Å². The number of nitrogens with zero attached hydrogens (tertiary/aromatic N) is 7. The summed E-state index contributed by atoms with van der Waals surface area (Å²) in [5.41, 5.74) is 3.17. The molecule has 2 amide bonds. The minimum atomic E-state index is -0.934. The summed E-state index contributed by atoms with van der Waals surface area (Å²) in [6.45, 7) is 2.22. The molecule has 3 aromatic heterocycles. The van der Waals surface area contributed by atoms with Gasteiger partial charge in [-0.15, -0.1) is 16.4 Å². The van der Waals surface area contributed by atoms with Crippen LogP contribution in [-0.4, -0.2) is 42.0 Å². The lowest BCUT2D eigenvalue weighted by Crippen LogP contribution is -2.44. The summed E-state index contributed by atoms with van der Waals surface area (Å²) in [7, 11) is 0. The Morgan fingerprint density at radius 1 is 1.08 bits per heavy atom. The fraction of sp³-hybridized carbons (Fsp3) is 0.115. The van der Waals surface area contributed by atoms with Crippen LogP contribution in [0, 0.1) is 6.92 Å². The SMILES string of the molecule is Cc1cc(N(C(=O)c2cnccn2)[C@@H](C(=O)NCc2ccccc2)c2cccs2)ccc1-n1cnnn1. The molecule has 184 valence electrons. The van der Waals surface area contributed by atoms with Gasteiger partial charge in [0, 0.05) is 29.5 Å². The average molecular weight is 511 g/mol. The van der Waals surface area contributed by atoms with Crippen LogP contribution >= 0.6 is 11.3 Å². The summed E-state index contributed by atoms with van der Waals surface area (Å²) >= 11 is 1.40. The van der Waals surface area contributed by atoms with Gasteiger partial charge >= 0.3 is 0 Å². The second-order valence-corrected chi connectivity index (χ2v) is 9.09. The zero-order valence-corrected chi connectivity index (χ0v) is 20.6. The molecule has 0 fully saturated rings. The average Bonchev–Trinajstić information content (AvgIpc) is 3.66. The quantitative estimate of drug-likeness (QED) is 0.339. The Morgan fingerprint density at radius 3 is 2.62 bits per heavy atom. The third-order valence-electron chi connectivity index (χ3n) is 5.68. The summed E-state index contributed by atoms with van der Waals surface area (Å²) in [4.78, 5) is 38.1. The number of aromatic nitrogens is 6. The Labute approximate surface area is 216 Å². The fourth-order valence-electron chi connectivity index (χ4n) is 3.94. The standard InChI is InChI=1S/C26H22N8O2S/c1-18-14-20(9-10-22(18)33-17-30-31-32-33)34(26(36)21-16-27-11-12-28-21)24(23-8-5-13-37-23)25(35)29-15-19-6-3-2-4-7-19/h2-14,16-17,24H,15H2,1H3,(H,29,35)/t24-/m1/s1. The molecule has 1 N–H and O–H groups in total. The number of anilines is 1. The van der Waals surface area contributed by atoms with E-state index in [1.54, 1.807) is 6.07 Å². The molecule has 2 aromatic carbocycles. The van der Waals surface area contributed by atoms with Crippen LogP contribution in [0.25, 0.3) is 5.69 Å². The van der Waals surface area contributed by atoms with Gasteiger partial charge in [-0.25, -0.2) is 9.67 Å². The van der Waals surface area contributed by atoms with Gasteiger partial charge in [-0.1, -0.05) is 36.4 Å². The van der Waals surface area contributed by atoms with Crippen LogP contribution in [-0.2, 0) is 11.3 Å². The summed E-state index contributed by atoms with van der Waals surface area (Å²) in [5, 5.41) is 16.2. The number of nitrogens with one attached hydrogen (secondary N) is 1. The predicted molar refractivity (Wildman–Crippen MR) is 138 cm³/mol. The molecule has 0 aliphatic carbocycles. The van der Waals surface area contributed by atoms with Gasteiger partial charge in [0.15, 0.2) is 6.04 Å². The zero-order valence-electron chi connectivity index (χ0n) is 19.8. The lowest BCUT2D eigenvalue weighted by atomic mass is 10.1. The van der Waals surface area contributed by atoms with Gasteiger partial charge in [0.1, 0.15) is 12.0 Å². The minimum absolute atomic E-state index is 0.127. The number of amides is 2. The summed E-state index contributed by atoms with van der Waals surface area (Å²) < 4.78 is 1.54. The van der Waals surface area contributed by atoms with E-state index in [2.05, 4.69) is 30.8 Å². The van der Waals surface area contributed by atoms with E-state index in [4.69, 9.17) is 0 Å². The molecule has 0 saturated carbocycles. The van der Waals surface area contributed by atoms with Crippen LogP contribution in [0.2, 0.25) is 0 Å². The number of carbonyl (C=O) groups excluding carboxylic acids is 2. The Hall–Kier alpha value is -4.77. The zero-order chi connectivity index (χ0) is 25.6. The minimum Gasteiger partial charge on any atom is -0.350 e. The van der Waals surface area contributed by atoms with Crippen molar-refractivity contribution in [2.75, 3.05) is 4.90 Å². The Morgan fingerprint density at radius 2 is 1.95 bits per heavy atom. The third kappa shape index (κ3) is 5.26. The molecule has 0 bridgehead atoms. The van der Waals surface area contributed by atoms with Gasteiger partial charge < -0.3 is 5.32 Å². The van der Waals surface area contributed by atoms with E-state index in [9.17, 15) is 9.59 Å². The van der Waals surface area contributed by atoms with Crippen LogP contribution in [0.4, 0.5) is 5.69 Å². The molecule has 0 unspecified atom stereocenters. The maximum absolute atomic E-state index is 13.9. The van der Waals surface area contributed by atoms with Crippen molar-refractivity contribution in [2.45, 2.75) is 19.5 Å². The van der Waals surface area contributed by atoms with Crippen molar-refractivity contribution in [2.24, 2.45) is 0 Å². The highest BCUT2D eigenvalue weighted by molar-refractivity contribution is 7.10. The molecule has 5 rings (SSSR count). The van der Waals surface area contributed by atoms with E-state index in [1.807, 2.05) is 66.9 Å². The van der Waals surface area contributed by atoms with Gasteiger partial charge in [-0.3, -0.25) is 19.5 Å². The third-order valence-corrected chi connectivity index (χ3v) is 6.61. The van der Waals surface area contributed by atoms with E-state index in [0.29, 0.717) is 17.1 Å². The first-order chi connectivity index (χ1) is 18.1. The van der Waals surface area contributed by atoms with Crippen molar-refractivity contribution in [1.29, 1.82) is 0 Å². The summed E-state index contributed by atoms with van der Waals surface area (Å²) in [5.74, 6) is -0.762. The van der Waals surface area contributed by atoms with Gasteiger partial charge in [-0.2, -0.15) is 0 Å². The lowest BCUT2D eigenvalue weighted by molar-refractivity contribution is -0.122. The highest BCUT2D eigenvalue weighted by Gasteiger charge is 2.35. The van der Waals surface area contributed by atoms with Crippen LogP contribution in [0.5, 0.6) is 0 Å². The van der Waals surface area contributed by atoms with Gasteiger partial charge in [-0.05, 0) is 58.1 Å². The second kappa shape index (κ2) is 10.9. The van der Waals surface area contributed by atoms with Crippen LogP contribution in [0.15, 0.2) is 91.0 Å². The van der Waals surface area contributed by atoms with Crippen molar-refractivity contribution in [1.82, 2.24) is 35.5 Å². The molecule has 0 aliphatic rings. The first-order valence-electron chi connectivity index (χ1n) is 11.4. The second-order valence-electron chi connectivity index (χ2n) is 8.11. The first kappa shape index (κ1) is 23.9. The topological polar surface area (TPSA) is 119 Å². The number of rotatable bonds is 8. The maximum Gasteiger partial charge on any atom is 0.279 e. The Balaban J connectivity index is 1.57. The molecule has 5 aromatic rings. The molecule has 0 aliphatic heterocycles. The number of thiophene rings is 1. The van der Waals surface area contributed by atoms with Crippen molar-refractivity contribution >= 4 is 28.8 Å². The molecule has 11 heteroatoms. The highest BCUT2D eigenvalue weighted by Crippen LogP contribution is 2.33. The molecule has 3 heterocycles. The summed E-state index contributed by atoms with van der Waals surface area (Å²) in [6, 6.07) is 17.8. The predicted octanol–water partition coefficient (Wildman–Crippen LogP) is 3.53. The monoisotopic (exact) mass is 510 g/mol. The Kier molecular flexibility index (Phi) is 7.04. The number of benzene rings is 2. The van der Waals surface area contributed by atoms with Crippen LogP contribution in [0.1, 0.15) is 32.5 Å². The molecule has 0 saturated heterocycles. The number of tetrazole rings is 1. The molecule has 0 spiro atoms. The van der Waals surface area contributed by atoms with Gasteiger partial charge in [0.25, 0.3) is 5.91 Å². The molecule has 37 heavy (non-hydrogen) atoms. The van der Waals surface area contributed by atoms with Gasteiger partial charge in [0.2, 0.25) is 5.91 Å². The number of carbonyl (C=O) groups is 2. The first-order valence-corrected chi connectivity index (χ1v) is 12.3. The normalized spacial score (nSPS) is 11.6. The van der Waals surface area contributed by atoms with Crippen molar-refractivity contribution < 1.29 is 9.59 Å². The lowest BCUT2D eigenvalue weighted by Gasteiger charge is -2.30. The fourth-order valence-corrected chi connectivity index (χ4v) is 4.75. The van der Waals surface area contributed by atoms with E-state index < -0.39 is 11.9 Å². The van der Waals surface area contributed by atoms with Crippen molar-refractivity contribution in [3.63, 3.8) is 0 Å². The van der Waals surface area contributed by atoms with Crippen molar-refractivity contribution in [3.8, 4) is 5.69 Å². The van der Waals surface area contributed by atoms with Gasteiger partial charge in [0.05, 0.1) is 11.9 Å². The number of hydrogen-bond donors (Lipinski definition) is 1.